The maximum Gasteiger partial charge on any atom is 0.315 e. The van der Waals surface area contributed by atoms with Crippen LogP contribution in [0.3, 0.4) is 0 Å². The van der Waals surface area contributed by atoms with Crippen LogP contribution in [0.4, 0.5) is 4.79 Å². The van der Waals surface area contributed by atoms with Crippen LogP contribution in [0.2, 0.25) is 0 Å². The topological polar surface area (TPSA) is 73.5 Å². The van der Waals surface area contributed by atoms with Crippen molar-refractivity contribution in [2.45, 2.75) is 53.4 Å². The largest absolute Gasteiger partial charge is 0.341 e. The first-order valence-corrected chi connectivity index (χ1v) is 9.51. The zero-order valence-corrected chi connectivity index (χ0v) is 15.9. The highest BCUT2D eigenvalue weighted by molar-refractivity contribution is 5.84. The molecule has 0 aromatic rings. The van der Waals surface area contributed by atoms with Gasteiger partial charge in [-0.2, -0.15) is 0 Å². The number of rotatable bonds is 4. The van der Waals surface area contributed by atoms with Crippen molar-refractivity contribution in [2.24, 2.45) is 11.3 Å². The minimum atomic E-state index is -0.257. The number of carbonyl (C=O) groups excluding carboxylic acids is 2. The van der Waals surface area contributed by atoms with Crippen LogP contribution < -0.4 is 16.0 Å². The number of nitrogens with one attached hydrogen (secondary N) is 3. The van der Waals surface area contributed by atoms with Gasteiger partial charge in [0.1, 0.15) is 0 Å². The van der Waals surface area contributed by atoms with Crippen LogP contribution in [0.1, 0.15) is 53.4 Å². The Morgan fingerprint density at radius 2 is 1.79 bits per heavy atom. The predicted octanol–water partition coefficient (Wildman–Crippen LogP) is 1.96. The van der Waals surface area contributed by atoms with E-state index in [1.807, 2.05) is 32.6 Å². The number of amides is 3. The highest BCUT2D eigenvalue weighted by atomic mass is 16.2. The number of urea groups is 1. The van der Waals surface area contributed by atoms with Gasteiger partial charge in [0.15, 0.2) is 0 Å². The molecular formula is C18H36N4O2. The third-order valence-corrected chi connectivity index (χ3v) is 4.81. The quantitative estimate of drug-likeness (QED) is 0.732. The average molecular weight is 341 g/mol. The van der Waals surface area contributed by atoms with Crippen molar-refractivity contribution >= 4 is 11.9 Å². The Morgan fingerprint density at radius 1 is 1.12 bits per heavy atom. The minimum Gasteiger partial charge on any atom is -0.341 e. The van der Waals surface area contributed by atoms with Crippen molar-refractivity contribution in [3.63, 3.8) is 0 Å². The average Bonchev–Trinajstić information content (AvgIpc) is 2.61. The molecule has 2 heterocycles. The smallest absolute Gasteiger partial charge is 0.315 e. The zero-order valence-electron chi connectivity index (χ0n) is 15.9. The molecule has 2 aliphatic rings. The third kappa shape index (κ3) is 6.67. The number of piperidine rings is 2. The van der Waals surface area contributed by atoms with Gasteiger partial charge in [-0.15, -0.1) is 0 Å². The second-order valence-corrected chi connectivity index (χ2v) is 7.12. The Morgan fingerprint density at radius 3 is 2.33 bits per heavy atom. The highest BCUT2D eigenvalue weighted by Crippen LogP contribution is 2.37. The van der Waals surface area contributed by atoms with Crippen LogP contribution in [-0.2, 0) is 4.79 Å². The zero-order chi connectivity index (χ0) is 18.0. The second-order valence-electron chi connectivity index (χ2n) is 7.12. The molecule has 0 atom stereocenters. The van der Waals surface area contributed by atoms with Gasteiger partial charge in [0.25, 0.3) is 0 Å². The summed E-state index contributed by atoms with van der Waals surface area (Å²) in [5.74, 6) is 0.433. The summed E-state index contributed by atoms with van der Waals surface area (Å²) in [6.07, 6.45) is 4.67. The minimum absolute atomic E-state index is 0.0262. The van der Waals surface area contributed by atoms with Crippen molar-refractivity contribution in [3.8, 4) is 0 Å². The van der Waals surface area contributed by atoms with Gasteiger partial charge in [-0.05, 0) is 43.6 Å². The molecule has 24 heavy (non-hydrogen) atoms. The molecule has 6 heteroatoms. The van der Waals surface area contributed by atoms with Gasteiger partial charge < -0.3 is 20.9 Å². The lowest BCUT2D eigenvalue weighted by atomic mass is 9.73. The summed E-state index contributed by atoms with van der Waals surface area (Å²) in [6, 6.07) is -0.257. The fourth-order valence-electron chi connectivity index (χ4n) is 3.31. The molecule has 3 N–H and O–H groups in total. The number of carbonyl (C=O) groups is 2. The van der Waals surface area contributed by atoms with Crippen LogP contribution in [-0.4, -0.2) is 56.1 Å². The van der Waals surface area contributed by atoms with Crippen molar-refractivity contribution in [3.05, 3.63) is 0 Å². The molecule has 0 saturated carbocycles. The lowest BCUT2D eigenvalue weighted by Gasteiger charge is -2.44. The van der Waals surface area contributed by atoms with Crippen LogP contribution in [0, 0.1) is 11.3 Å². The summed E-state index contributed by atoms with van der Waals surface area (Å²) in [5.41, 5.74) is 0.400. The Balaban J connectivity index is 0.00000139. The van der Waals surface area contributed by atoms with E-state index in [2.05, 4.69) is 16.0 Å². The lowest BCUT2D eigenvalue weighted by molar-refractivity contribution is -0.132. The van der Waals surface area contributed by atoms with Gasteiger partial charge in [-0.25, -0.2) is 4.79 Å². The predicted molar refractivity (Wildman–Crippen MR) is 97.9 cm³/mol. The summed E-state index contributed by atoms with van der Waals surface area (Å²) in [6.45, 7) is 12.6. The standard InChI is InChI=1S/C16H30N4O2.C2H6/c1-13(2)10-18-15(22)19-11-14(21)20-8-5-16(6-9-20)4-3-7-17-12-16;1-2/h13,17H,3-12H2,1-2H3,(H2,18,19,22);1-2H3. The van der Waals surface area contributed by atoms with Crippen molar-refractivity contribution in [2.75, 3.05) is 39.3 Å². The third-order valence-electron chi connectivity index (χ3n) is 4.81. The number of nitrogens with zero attached hydrogens (tertiary/aromatic N) is 1. The van der Waals surface area contributed by atoms with E-state index in [9.17, 15) is 9.59 Å². The fourth-order valence-corrected chi connectivity index (χ4v) is 3.31. The van der Waals surface area contributed by atoms with Crippen LogP contribution in [0.25, 0.3) is 0 Å². The maximum atomic E-state index is 12.2. The van der Waals surface area contributed by atoms with E-state index in [1.54, 1.807) is 0 Å². The second kappa shape index (κ2) is 10.5. The van der Waals surface area contributed by atoms with E-state index < -0.39 is 0 Å². The molecule has 2 saturated heterocycles. The summed E-state index contributed by atoms with van der Waals surface area (Å²) in [5, 5.41) is 8.89. The van der Waals surface area contributed by atoms with E-state index in [0.717, 1.165) is 39.0 Å². The molecule has 1 spiro atoms. The van der Waals surface area contributed by atoms with Gasteiger partial charge in [0, 0.05) is 26.2 Å². The van der Waals surface area contributed by atoms with Gasteiger partial charge in [0.2, 0.25) is 5.91 Å². The summed E-state index contributed by atoms with van der Waals surface area (Å²) < 4.78 is 0. The van der Waals surface area contributed by atoms with Gasteiger partial charge in [-0.3, -0.25) is 4.79 Å². The maximum absolute atomic E-state index is 12.2. The molecular weight excluding hydrogens is 304 g/mol. The molecule has 0 aromatic heterocycles. The Labute approximate surface area is 147 Å². The van der Waals surface area contributed by atoms with Crippen molar-refractivity contribution < 1.29 is 9.59 Å². The number of hydrogen-bond donors (Lipinski definition) is 3. The van der Waals surface area contributed by atoms with E-state index in [-0.39, 0.29) is 18.5 Å². The van der Waals surface area contributed by atoms with Gasteiger partial charge in [-0.1, -0.05) is 27.7 Å². The van der Waals surface area contributed by atoms with E-state index in [0.29, 0.717) is 17.9 Å². The molecule has 6 nitrogen and oxygen atoms in total. The highest BCUT2D eigenvalue weighted by Gasteiger charge is 2.36. The van der Waals surface area contributed by atoms with Gasteiger partial charge in [0.05, 0.1) is 6.54 Å². The van der Waals surface area contributed by atoms with Gasteiger partial charge >= 0.3 is 6.03 Å². The first-order valence-electron chi connectivity index (χ1n) is 9.51. The van der Waals surface area contributed by atoms with Crippen LogP contribution in [0.15, 0.2) is 0 Å². The molecule has 0 radical (unpaired) electrons. The number of hydrogen-bond acceptors (Lipinski definition) is 3. The first kappa shape index (κ1) is 20.7. The van der Waals surface area contributed by atoms with E-state index in [4.69, 9.17) is 0 Å². The first-order chi connectivity index (χ1) is 11.5. The molecule has 0 unspecified atom stereocenters. The summed E-state index contributed by atoms with van der Waals surface area (Å²) in [7, 11) is 0. The monoisotopic (exact) mass is 340 g/mol. The molecule has 2 fully saturated rings. The Hall–Kier alpha value is -1.30. The molecule has 0 aliphatic carbocycles. The lowest BCUT2D eigenvalue weighted by Crippen LogP contribution is -2.51. The summed E-state index contributed by atoms with van der Waals surface area (Å²) in [4.78, 5) is 25.6. The van der Waals surface area contributed by atoms with E-state index >= 15 is 0 Å². The Kier molecular flexibility index (Phi) is 9.11. The fraction of sp³-hybridized carbons (Fsp3) is 0.889. The normalized spacial score (nSPS) is 19.5. The van der Waals surface area contributed by atoms with Crippen molar-refractivity contribution in [1.82, 2.24) is 20.9 Å². The summed E-state index contributed by atoms with van der Waals surface area (Å²) >= 11 is 0. The van der Waals surface area contributed by atoms with Crippen LogP contribution in [0.5, 0.6) is 0 Å². The molecule has 2 aliphatic heterocycles. The molecule has 3 amide bonds. The SMILES string of the molecule is CC.CC(C)CNC(=O)NCC(=O)N1CCC2(CCCNC2)CC1. The van der Waals surface area contributed by atoms with Crippen LogP contribution >= 0.6 is 0 Å². The molecule has 140 valence electrons. The molecule has 0 aromatic carbocycles. The molecule has 2 rings (SSSR count). The number of likely N-dealkylation sites (tertiary alicyclic amines) is 1. The van der Waals surface area contributed by atoms with Crippen molar-refractivity contribution in [1.29, 1.82) is 0 Å². The Bertz CT molecular complexity index is 382. The van der Waals surface area contributed by atoms with E-state index in [1.165, 1.54) is 12.8 Å². The molecule has 0 bridgehead atoms.